The van der Waals surface area contributed by atoms with Crippen molar-refractivity contribution < 1.29 is 9.90 Å². The van der Waals surface area contributed by atoms with E-state index in [0.717, 1.165) is 32.2 Å². The first kappa shape index (κ1) is 11.1. The summed E-state index contributed by atoms with van der Waals surface area (Å²) >= 11 is 0. The fourth-order valence-electron chi connectivity index (χ4n) is 2.71. The molecule has 1 N–H and O–H groups in total. The maximum Gasteiger partial charge on any atom is 0.149 e. The molecule has 0 spiro atoms. The van der Waals surface area contributed by atoms with Gasteiger partial charge in [0.15, 0.2) is 0 Å². The maximum absolute atomic E-state index is 11.7. The molecular weight excluding hydrogens is 190 g/mol. The monoisotopic (exact) mass is 211 g/mol. The van der Waals surface area contributed by atoms with Crippen LogP contribution in [0.4, 0.5) is 0 Å². The van der Waals surface area contributed by atoms with E-state index in [1.54, 1.807) is 0 Å². The van der Waals surface area contributed by atoms with Gasteiger partial charge in [-0.25, -0.2) is 0 Å². The molecule has 0 aromatic carbocycles. The van der Waals surface area contributed by atoms with Gasteiger partial charge in [0, 0.05) is 25.6 Å². The molecule has 0 amide bonds. The summed E-state index contributed by atoms with van der Waals surface area (Å²) in [5, 5.41) is 8.88. The van der Waals surface area contributed by atoms with Crippen LogP contribution >= 0.6 is 0 Å². The molecule has 3 nitrogen and oxygen atoms in total. The Bertz CT molecular complexity index is 226. The Morgan fingerprint density at radius 2 is 2.07 bits per heavy atom. The number of Topliss-reactive ketones (excluding diaryl/α,β-unsaturated/α-hetero) is 1. The van der Waals surface area contributed by atoms with E-state index in [2.05, 4.69) is 4.90 Å². The number of ketones is 1. The fraction of sp³-hybridized carbons (Fsp3) is 0.917. The minimum atomic E-state index is 0.182. The molecule has 0 aromatic rings. The van der Waals surface area contributed by atoms with E-state index >= 15 is 0 Å². The van der Waals surface area contributed by atoms with Crippen molar-refractivity contribution in [3.63, 3.8) is 0 Å². The second-order valence-corrected chi connectivity index (χ2v) is 4.77. The van der Waals surface area contributed by atoms with Crippen molar-refractivity contribution in [2.75, 3.05) is 13.2 Å². The lowest BCUT2D eigenvalue weighted by atomic mass is 9.89. The summed E-state index contributed by atoms with van der Waals surface area (Å²) in [5.41, 5.74) is 0. The number of nitrogens with zero attached hydrogens (tertiary/aromatic N) is 1. The van der Waals surface area contributed by atoms with E-state index in [1.165, 1.54) is 19.3 Å². The number of aliphatic hydroxyl groups excluding tert-OH is 1. The van der Waals surface area contributed by atoms with Gasteiger partial charge in [0.2, 0.25) is 0 Å². The van der Waals surface area contributed by atoms with Crippen LogP contribution in [0.2, 0.25) is 0 Å². The van der Waals surface area contributed by atoms with Crippen molar-refractivity contribution in [2.24, 2.45) is 0 Å². The lowest BCUT2D eigenvalue weighted by Gasteiger charge is -2.40. The van der Waals surface area contributed by atoms with Crippen molar-refractivity contribution in [1.82, 2.24) is 4.90 Å². The standard InChI is InChI=1S/C12H21NO2/c14-9-3-8-13(10-4-1-5-10)11-6-2-7-12(11)15/h10-11,14H,1-9H2. The summed E-state index contributed by atoms with van der Waals surface area (Å²) in [6, 6.07) is 0.811. The van der Waals surface area contributed by atoms with Crippen LogP contribution in [-0.4, -0.2) is 41.0 Å². The second-order valence-electron chi connectivity index (χ2n) is 4.77. The van der Waals surface area contributed by atoms with E-state index < -0.39 is 0 Å². The largest absolute Gasteiger partial charge is 0.396 e. The first-order valence-corrected chi connectivity index (χ1v) is 6.22. The molecule has 2 aliphatic carbocycles. The summed E-state index contributed by atoms with van der Waals surface area (Å²) in [4.78, 5) is 14.1. The molecule has 2 fully saturated rings. The summed E-state index contributed by atoms with van der Waals surface area (Å²) in [6.45, 7) is 1.14. The number of carbonyl (C=O) groups is 1. The van der Waals surface area contributed by atoms with Gasteiger partial charge in [0.1, 0.15) is 5.78 Å². The number of aliphatic hydroxyl groups is 1. The van der Waals surface area contributed by atoms with Gasteiger partial charge in [-0.1, -0.05) is 6.42 Å². The Morgan fingerprint density at radius 1 is 1.27 bits per heavy atom. The van der Waals surface area contributed by atoms with Gasteiger partial charge in [0.25, 0.3) is 0 Å². The summed E-state index contributed by atoms with van der Waals surface area (Å²) in [6.07, 6.45) is 7.48. The van der Waals surface area contributed by atoms with Crippen LogP contribution in [0.1, 0.15) is 44.9 Å². The van der Waals surface area contributed by atoms with Crippen molar-refractivity contribution in [3.8, 4) is 0 Å². The van der Waals surface area contributed by atoms with Crippen LogP contribution in [0, 0.1) is 0 Å². The average Bonchev–Trinajstić information content (AvgIpc) is 2.55. The Labute approximate surface area is 91.5 Å². The second kappa shape index (κ2) is 5.08. The van der Waals surface area contributed by atoms with E-state index in [9.17, 15) is 4.79 Å². The van der Waals surface area contributed by atoms with Crippen LogP contribution in [0.3, 0.4) is 0 Å². The van der Waals surface area contributed by atoms with Crippen molar-refractivity contribution in [1.29, 1.82) is 0 Å². The quantitative estimate of drug-likeness (QED) is 0.746. The zero-order chi connectivity index (χ0) is 10.7. The van der Waals surface area contributed by atoms with E-state index in [0.29, 0.717) is 11.8 Å². The molecule has 86 valence electrons. The molecule has 2 saturated carbocycles. The van der Waals surface area contributed by atoms with Crippen LogP contribution in [0.15, 0.2) is 0 Å². The van der Waals surface area contributed by atoms with Crippen molar-refractivity contribution in [2.45, 2.75) is 57.0 Å². The highest BCUT2D eigenvalue weighted by atomic mass is 16.3. The van der Waals surface area contributed by atoms with Gasteiger partial charge in [-0.3, -0.25) is 9.69 Å². The smallest absolute Gasteiger partial charge is 0.149 e. The fourth-order valence-corrected chi connectivity index (χ4v) is 2.71. The molecule has 3 heteroatoms. The third kappa shape index (κ3) is 2.40. The van der Waals surface area contributed by atoms with Crippen molar-refractivity contribution >= 4 is 5.78 Å². The number of rotatable bonds is 5. The van der Waals surface area contributed by atoms with Gasteiger partial charge in [0.05, 0.1) is 6.04 Å². The van der Waals surface area contributed by atoms with Crippen LogP contribution in [-0.2, 0) is 4.79 Å². The van der Waals surface area contributed by atoms with E-state index in [4.69, 9.17) is 5.11 Å². The Morgan fingerprint density at radius 3 is 2.53 bits per heavy atom. The predicted molar refractivity (Wildman–Crippen MR) is 58.7 cm³/mol. The Hall–Kier alpha value is -0.410. The molecule has 0 aromatic heterocycles. The summed E-state index contributed by atoms with van der Waals surface area (Å²) < 4.78 is 0. The SMILES string of the molecule is O=C1CCCC1N(CCCO)C1CCC1. The van der Waals surface area contributed by atoms with Gasteiger partial charge in [-0.05, 0) is 32.1 Å². The number of hydrogen-bond acceptors (Lipinski definition) is 3. The van der Waals surface area contributed by atoms with Crippen LogP contribution < -0.4 is 0 Å². The number of carbonyl (C=O) groups excluding carboxylic acids is 1. The number of hydrogen-bond donors (Lipinski definition) is 1. The molecule has 0 aliphatic heterocycles. The van der Waals surface area contributed by atoms with E-state index in [-0.39, 0.29) is 12.6 Å². The maximum atomic E-state index is 11.7. The van der Waals surface area contributed by atoms with Gasteiger partial charge >= 0.3 is 0 Å². The molecule has 1 unspecified atom stereocenters. The molecule has 2 aliphatic rings. The highest BCUT2D eigenvalue weighted by Crippen LogP contribution is 2.31. The zero-order valence-electron chi connectivity index (χ0n) is 9.32. The minimum Gasteiger partial charge on any atom is -0.396 e. The third-order valence-electron chi connectivity index (χ3n) is 3.79. The molecule has 0 bridgehead atoms. The molecule has 0 saturated heterocycles. The normalized spacial score (nSPS) is 27.3. The van der Waals surface area contributed by atoms with Crippen LogP contribution in [0.25, 0.3) is 0 Å². The molecule has 0 heterocycles. The zero-order valence-corrected chi connectivity index (χ0v) is 9.32. The minimum absolute atomic E-state index is 0.182. The molecule has 15 heavy (non-hydrogen) atoms. The third-order valence-corrected chi connectivity index (χ3v) is 3.79. The van der Waals surface area contributed by atoms with Crippen molar-refractivity contribution in [3.05, 3.63) is 0 Å². The molecule has 2 rings (SSSR count). The predicted octanol–water partition coefficient (Wildman–Crippen LogP) is 1.34. The molecule has 0 radical (unpaired) electrons. The van der Waals surface area contributed by atoms with Crippen LogP contribution in [0.5, 0.6) is 0 Å². The summed E-state index contributed by atoms with van der Waals surface area (Å²) in [5.74, 6) is 0.430. The first-order chi connectivity index (χ1) is 7.33. The Kier molecular flexibility index (Phi) is 3.76. The average molecular weight is 211 g/mol. The highest BCUT2D eigenvalue weighted by molar-refractivity contribution is 5.85. The van der Waals surface area contributed by atoms with Gasteiger partial charge in [-0.15, -0.1) is 0 Å². The lowest BCUT2D eigenvalue weighted by Crippen LogP contribution is -2.48. The summed E-state index contributed by atoms with van der Waals surface area (Å²) in [7, 11) is 0. The topological polar surface area (TPSA) is 40.5 Å². The lowest BCUT2D eigenvalue weighted by molar-refractivity contribution is -0.123. The molecular formula is C12H21NO2. The van der Waals surface area contributed by atoms with E-state index in [1.807, 2.05) is 0 Å². The Balaban J connectivity index is 1.93. The van der Waals surface area contributed by atoms with Gasteiger partial charge in [-0.2, -0.15) is 0 Å². The molecule has 1 atom stereocenters. The first-order valence-electron chi connectivity index (χ1n) is 6.22. The van der Waals surface area contributed by atoms with Gasteiger partial charge < -0.3 is 5.11 Å². The highest BCUT2D eigenvalue weighted by Gasteiger charge is 2.35.